The summed E-state index contributed by atoms with van der Waals surface area (Å²) in [5.74, 6) is -0.763. The lowest BCUT2D eigenvalue weighted by molar-refractivity contribution is -0.120. The fraction of sp³-hybridized carbons (Fsp3) is 0.211. The van der Waals surface area contributed by atoms with Crippen molar-refractivity contribution in [3.8, 4) is 0 Å². The number of nitrogens with zero attached hydrogens (tertiary/aromatic N) is 1. The molecule has 27 heavy (non-hydrogen) atoms. The Hall–Kier alpha value is -2.02. The molecule has 0 spiro atoms. The van der Waals surface area contributed by atoms with Crippen molar-refractivity contribution in [2.45, 2.75) is 12.5 Å². The molecule has 0 aromatic heterocycles. The summed E-state index contributed by atoms with van der Waals surface area (Å²) in [6.07, 6.45) is 2.24. The van der Waals surface area contributed by atoms with Gasteiger partial charge in [-0.15, -0.1) is 0 Å². The van der Waals surface area contributed by atoms with Gasteiger partial charge in [0, 0.05) is 15.7 Å². The molecule has 1 aliphatic rings. The molecule has 2 aromatic carbocycles. The lowest BCUT2D eigenvalue weighted by Gasteiger charge is -2.25. The molecule has 3 rings (SSSR count). The van der Waals surface area contributed by atoms with Crippen molar-refractivity contribution in [1.29, 1.82) is 0 Å². The molecule has 1 atom stereocenters. The molecule has 140 valence electrons. The molecule has 1 unspecified atom stereocenters. The first-order valence-corrected chi connectivity index (χ1v) is 10.3. The van der Waals surface area contributed by atoms with Gasteiger partial charge in [-0.2, -0.15) is 11.8 Å². The van der Waals surface area contributed by atoms with Crippen molar-refractivity contribution in [1.82, 2.24) is 4.90 Å². The van der Waals surface area contributed by atoms with Gasteiger partial charge in [-0.25, -0.2) is 0 Å². The van der Waals surface area contributed by atoms with Gasteiger partial charge in [0.05, 0.1) is 11.1 Å². The van der Waals surface area contributed by atoms with Gasteiger partial charge in [0.2, 0.25) is 5.91 Å². The Balaban J connectivity index is 1.89. The summed E-state index contributed by atoms with van der Waals surface area (Å²) in [7, 11) is 0. The summed E-state index contributed by atoms with van der Waals surface area (Å²) in [6.45, 7) is 0. The molecule has 0 fully saturated rings. The number of imide groups is 1. The molecule has 3 amide bonds. The number of carbonyl (C=O) groups excluding carboxylic acids is 3. The van der Waals surface area contributed by atoms with Crippen LogP contribution in [0.4, 0.5) is 5.69 Å². The fourth-order valence-electron chi connectivity index (χ4n) is 2.95. The Labute approximate surface area is 171 Å². The van der Waals surface area contributed by atoms with E-state index in [0.717, 1.165) is 4.90 Å². The number of anilines is 1. The van der Waals surface area contributed by atoms with Crippen LogP contribution in [0.5, 0.6) is 0 Å². The van der Waals surface area contributed by atoms with Crippen molar-refractivity contribution in [2.75, 3.05) is 17.3 Å². The van der Waals surface area contributed by atoms with Gasteiger partial charge in [0.25, 0.3) is 11.8 Å². The van der Waals surface area contributed by atoms with Gasteiger partial charge in [-0.3, -0.25) is 19.3 Å². The van der Waals surface area contributed by atoms with E-state index in [2.05, 4.69) is 5.32 Å². The van der Waals surface area contributed by atoms with Crippen molar-refractivity contribution >= 4 is 58.4 Å². The van der Waals surface area contributed by atoms with Crippen LogP contribution in [0.1, 0.15) is 27.1 Å². The van der Waals surface area contributed by atoms with Gasteiger partial charge >= 0.3 is 0 Å². The second-order valence-corrected chi connectivity index (χ2v) is 7.83. The number of nitrogens with one attached hydrogen (secondary N) is 1. The normalized spacial score (nSPS) is 14.3. The quantitative estimate of drug-likeness (QED) is 0.702. The first-order chi connectivity index (χ1) is 12.9. The van der Waals surface area contributed by atoms with Crippen LogP contribution in [0.15, 0.2) is 42.5 Å². The fourth-order valence-corrected chi connectivity index (χ4v) is 3.93. The molecule has 5 nitrogen and oxygen atoms in total. The highest BCUT2D eigenvalue weighted by atomic mass is 35.5. The summed E-state index contributed by atoms with van der Waals surface area (Å²) in [5, 5.41) is 3.46. The maximum atomic E-state index is 12.9. The van der Waals surface area contributed by atoms with Gasteiger partial charge in [-0.05, 0) is 48.8 Å². The Morgan fingerprint density at radius 2 is 1.63 bits per heavy atom. The van der Waals surface area contributed by atoms with E-state index in [1.54, 1.807) is 42.5 Å². The van der Waals surface area contributed by atoms with E-state index in [4.69, 9.17) is 23.2 Å². The van der Waals surface area contributed by atoms with Crippen molar-refractivity contribution < 1.29 is 14.4 Å². The number of benzene rings is 2. The van der Waals surface area contributed by atoms with Crippen LogP contribution in [0.3, 0.4) is 0 Å². The van der Waals surface area contributed by atoms with Crippen LogP contribution < -0.4 is 5.32 Å². The highest BCUT2D eigenvalue weighted by Gasteiger charge is 2.42. The Morgan fingerprint density at radius 1 is 1.07 bits per heavy atom. The van der Waals surface area contributed by atoms with Crippen LogP contribution >= 0.6 is 35.0 Å². The zero-order valence-electron chi connectivity index (χ0n) is 14.4. The molecule has 0 radical (unpaired) electrons. The van der Waals surface area contributed by atoms with E-state index in [1.807, 2.05) is 6.26 Å². The predicted octanol–water partition coefficient (Wildman–Crippen LogP) is 4.35. The number of hydrogen-bond acceptors (Lipinski definition) is 4. The van der Waals surface area contributed by atoms with Gasteiger partial charge in [0.15, 0.2) is 0 Å². The third-order valence-electron chi connectivity index (χ3n) is 4.17. The summed E-state index contributed by atoms with van der Waals surface area (Å²) in [6, 6.07) is 10.3. The van der Waals surface area contributed by atoms with Gasteiger partial charge < -0.3 is 5.32 Å². The van der Waals surface area contributed by atoms with Crippen molar-refractivity contribution in [2.24, 2.45) is 0 Å². The van der Waals surface area contributed by atoms with E-state index >= 15 is 0 Å². The number of thioether (sulfide) groups is 1. The number of carbonyl (C=O) groups is 3. The van der Waals surface area contributed by atoms with Crippen molar-refractivity contribution in [3.05, 3.63) is 63.6 Å². The molecule has 8 heteroatoms. The maximum Gasteiger partial charge on any atom is 0.262 e. The third-order valence-corrected chi connectivity index (χ3v) is 5.25. The standard InChI is InChI=1S/C19H16Cl2N2O3S/c1-27-7-6-16(17(24)22-13-9-11(20)8-12(21)10-13)23-18(25)14-4-2-3-5-15(14)19(23)26/h2-5,8-10,16H,6-7H2,1H3,(H,22,24). The van der Waals surface area contributed by atoms with E-state index in [0.29, 0.717) is 39.0 Å². The summed E-state index contributed by atoms with van der Waals surface area (Å²) >= 11 is 13.5. The first kappa shape index (κ1) is 19.7. The zero-order chi connectivity index (χ0) is 19.6. The molecule has 0 aliphatic carbocycles. The summed E-state index contributed by atoms with van der Waals surface area (Å²) < 4.78 is 0. The number of fused-ring (bicyclic) bond motifs is 1. The topological polar surface area (TPSA) is 66.5 Å². The largest absolute Gasteiger partial charge is 0.324 e. The van der Waals surface area contributed by atoms with E-state index < -0.39 is 23.8 Å². The van der Waals surface area contributed by atoms with Gasteiger partial charge in [-0.1, -0.05) is 35.3 Å². The Kier molecular flexibility index (Phi) is 6.09. The molecule has 0 saturated heterocycles. The summed E-state index contributed by atoms with van der Waals surface area (Å²) in [5.41, 5.74) is 1.04. The number of amides is 3. The van der Waals surface area contributed by atoms with Crippen LogP contribution in [0.25, 0.3) is 0 Å². The SMILES string of the molecule is CSCCC(C(=O)Nc1cc(Cl)cc(Cl)c1)N1C(=O)c2ccccc2C1=O. The highest BCUT2D eigenvalue weighted by molar-refractivity contribution is 7.98. The average Bonchev–Trinajstić information content (AvgIpc) is 2.87. The minimum Gasteiger partial charge on any atom is -0.324 e. The van der Waals surface area contributed by atoms with Crippen LogP contribution in [0, 0.1) is 0 Å². The zero-order valence-corrected chi connectivity index (χ0v) is 16.7. The smallest absolute Gasteiger partial charge is 0.262 e. The molecular weight excluding hydrogens is 407 g/mol. The lowest BCUT2D eigenvalue weighted by Crippen LogP contribution is -2.47. The Bertz CT molecular complexity index is 864. The molecule has 0 saturated carbocycles. The van der Waals surface area contributed by atoms with Crippen LogP contribution in [-0.2, 0) is 4.79 Å². The molecule has 1 N–H and O–H groups in total. The highest BCUT2D eigenvalue weighted by Crippen LogP contribution is 2.28. The van der Waals surface area contributed by atoms with E-state index in [1.165, 1.54) is 11.8 Å². The van der Waals surface area contributed by atoms with E-state index in [-0.39, 0.29) is 0 Å². The van der Waals surface area contributed by atoms with E-state index in [9.17, 15) is 14.4 Å². The minimum atomic E-state index is -0.928. The predicted molar refractivity (Wildman–Crippen MR) is 109 cm³/mol. The minimum absolute atomic E-state index is 0.315. The third kappa shape index (κ3) is 4.13. The van der Waals surface area contributed by atoms with Crippen molar-refractivity contribution in [3.63, 3.8) is 0 Å². The van der Waals surface area contributed by atoms with Crippen LogP contribution in [-0.4, -0.2) is 40.7 Å². The number of halogens is 2. The Morgan fingerprint density at radius 3 is 2.15 bits per heavy atom. The number of hydrogen-bond donors (Lipinski definition) is 1. The second kappa shape index (κ2) is 8.33. The monoisotopic (exact) mass is 422 g/mol. The summed E-state index contributed by atoms with van der Waals surface area (Å²) in [4.78, 5) is 39.5. The second-order valence-electron chi connectivity index (χ2n) is 5.97. The van der Waals surface area contributed by atoms with Gasteiger partial charge in [0.1, 0.15) is 6.04 Å². The molecule has 1 aliphatic heterocycles. The number of rotatable bonds is 6. The molecule has 1 heterocycles. The molecular formula is C19H16Cl2N2O3S. The maximum absolute atomic E-state index is 12.9. The van der Waals surface area contributed by atoms with Crippen LogP contribution in [0.2, 0.25) is 10.0 Å². The first-order valence-electron chi connectivity index (χ1n) is 8.15. The average molecular weight is 423 g/mol. The molecule has 0 bridgehead atoms. The molecule has 2 aromatic rings. The lowest BCUT2D eigenvalue weighted by atomic mass is 10.1.